The lowest BCUT2D eigenvalue weighted by molar-refractivity contribution is 0.274. The molecule has 106 valence electrons. The van der Waals surface area contributed by atoms with E-state index in [0.717, 1.165) is 6.20 Å². The van der Waals surface area contributed by atoms with E-state index in [2.05, 4.69) is 21.8 Å². The molecule has 1 aliphatic heterocycles. The zero-order chi connectivity index (χ0) is 14.7. The summed E-state index contributed by atoms with van der Waals surface area (Å²) in [4.78, 5) is 9.39. The van der Waals surface area contributed by atoms with Crippen LogP contribution < -0.4 is 4.90 Å². The highest BCUT2D eigenvalue weighted by molar-refractivity contribution is 5.49. The Hall–Kier alpha value is -2.48. The molecule has 5 heteroatoms. The first kappa shape index (κ1) is 13.5. The molecule has 3 rings (SSSR count). The van der Waals surface area contributed by atoms with Crippen molar-refractivity contribution in [2.45, 2.75) is 12.1 Å². The molecular formula is C16H13F2N3. The predicted octanol–water partition coefficient (Wildman–Crippen LogP) is 2.59. The van der Waals surface area contributed by atoms with Crippen LogP contribution in [0.5, 0.6) is 0 Å². The molecule has 21 heavy (non-hydrogen) atoms. The Morgan fingerprint density at radius 3 is 2.90 bits per heavy atom. The lowest BCUT2D eigenvalue weighted by atomic mass is 10.1. The van der Waals surface area contributed by atoms with Crippen molar-refractivity contribution < 1.29 is 8.78 Å². The van der Waals surface area contributed by atoms with Crippen LogP contribution in [0.3, 0.4) is 0 Å². The Morgan fingerprint density at radius 1 is 1.24 bits per heavy atom. The van der Waals surface area contributed by atoms with E-state index < -0.39 is 11.5 Å². The number of hydrogen-bond donors (Lipinski definition) is 0. The van der Waals surface area contributed by atoms with Crippen LogP contribution in [0.25, 0.3) is 0 Å². The van der Waals surface area contributed by atoms with Crippen LogP contribution in [0.1, 0.15) is 12.1 Å². The molecule has 0 N–H and O–H groups in total. The van der Waals surface area contributed by atoms with Gasteiger partial charge in [-0.15, -0.1) is 0 Å². The van der Waals surface area contributed by atoms with Crippen molar-refractivity contribution >= 4 is 5.69 Å². The van der Waals surface area contributed by atoms with E-state index >= 15 is 0 Å². The van der Waals surface area contributed by atoms with Crippen LogP contribution in [0.15, 0.2) is 42.9 Å². The van der Waals surface area contributed by atoms with Gasteiger partial charge in [-0.25, -0.2) is 13.8 Å². The number of hydrogen-bond acceptors (Lipinski definition) is 3. The van der Waals surface area contributed by atoms with Gasteiger partial charge in [0.1, 0.15) is 5.69 Å². The van der Waals surface area contributed by atoms with Gasteiger partial charge in [0.05, 0.1) is 18.4 Å². The molecule has 3 nitrogen and oxygen atoms in total. The van der Waals surface area contributed by atoms with E-state index in [0.29, 0.717) is 17.9 Å². The first-order valence-electron chi connectivity index (χ1n) is 6.64. The molecule has 1 atom stereocenters. The van der Waals surface area contributed by atoms with Crippen LogP contribution in [-0.4, -0.2) is 28.7 Å². The smallest absolute Gasteiger partial charge is 0.190 e. The van der Waals surface area contributed by atoms with E-state index in [1.165, 1.54) is 6.20 Å². The van der Waals surface area contributed by atoms with Crippen molar-refractivity contribution in [1.29, 1.82) is 0 Å². The third-order valence-corrected chi connectivity index (χ3v) is 3.39. The number of rotatable bonds is 1. The molecule has 0 saturated carbocycles. The van der Waals surface area contributed by atoms with E-state index in [1.807, 2.05) is 0 Å². The first-order chi connectivity index (χ1) is 10.2. The minimum Gasteiger partial charge on any atom is -0.365 e. The summed E-state index contributed by atoms with van der Waals surface area (Å²) in [5.41, 5.74) is -0.750. The summed E-state index contributed by atoms with van der Waals surface area (Å²) in [5, 5.41) is 0. The number of aromatic nitrogens is 2. The molecule has 3 heterocycles. The largest absolute Gasteiger partial charge is 0.365 e. The van der Waals surface area contributed by atoms with Gasteiger partial charge in [0.25, 0.3) is 0 Å². The second-order valence-corrected chi connectivity index (χ2v) is 4.93. The van der Waals surface area contributed by atoms with Gasteiger partial charge >= 0.3 is 0 Å². The van der Waals surface area contributed by atoms with Gasteiger partial charge in [-0.05, 0) is 24.1 Å². The van der Waals surface area contributed by atoms with E-state index in [1.54, 1.807) is 35.4 Å². The molecule has 0 amide bonds. The minimum atomic E-state index is -1.65. The highest BCUT2D eigenvalue weighted by Crippen LogP contribution is 2.30. The quantitative estimate of drug-likeness (QED) is 0.754. The summed E-state index contributed by atoms with van der Waals surface area (Å²) in [7, 11) is 0. The minimum absolute atomic E-state index is 0.0494. The molecule has 0 spiro atoms. The van der Waals surface area contributed by atoms with Crippen molar-refractivity contribution in [2.75, 3.05) is 18.0 Å². The first-order valence-corrected chi connectivity index (χ1v) is 6.64. The Morgan fingerprint density at radius 2 is 2.14 bits per heavy atom. The standard InChI is InChI=1S/C16H13F2N3/c17-14-11-19-9-5-15(14)21-10-7-16(18,12-21)6-4-13-3-1-2-8-20-13/h1-3,5,8-9,11H,7,10,12H2. The Kier molecular flexibility index (Phi) is 3.53. The molecular weight excluding hydrogens is 272 g/mol. The summed E-state index contributed by atoms with van der Waals surface area (Å²) >= 11 is 0. The summed E-state index contributed by atoms with van der Waals surface area (Å²) in [6.07, 6.45) is 4.49. The fourth-order valence-corrected chi connectivity index (χ4v) is 2.32. The molecule has 1 aliphatic rings. The number of anilines is 1. The van der Waals surface area contributed by atoms with E-state index in [4.69, 9.17) is 0 Å². The van der Waals surface area contributed by atoms with Crippen LogP contribution in [0, 0.1) is 17.7 Å². The Labute approximate surface area is 121 Å². The normalized spacial score (nSPS) is 21.0. The molecule has 0 bridgehead atoms. The predicted molar refractivity (Wildman–Crippen MR) is 76.0 cm³/mol. The maximum atomic E-state index is 14.7. The van der Waals surface area contributed by atoms with Gasteiger partial charge in [0.15, 0.2) is 11.5 Å². The lowest BCUT2D eigenvalue weighted by Gasteiger charge is -2.19. The molecule has 2 aromatic heterocycles. The van der Waals surface area contributed by atoms with Gasteiger partial charge in [-0.2, -0.15) is 0 Å². The van der Waals surface area contributed by atoms with E-state index in [9.17, 15) is 8.78 Å². The van der Waals surface area contributed by atoms with Crippen LogP contribution in [0.2, 0.25) is 0 Å². The molecule has 0 radical (unpaired) electrons. The van der Waals surface area contributed by atoms with Crippen molar-refractivity contribution in [3.05, 3.63) is 54.4 Å². The highest BCUT2D eigenvalue weighted by Gasteiger charge is 2.37. The van der Waals surface area contributed by atoms with Crippen molar-refractivity contribution in [3.8, 4) is 11.8 Å². The second-order valence-electron chi connectivity index (χ2n) is 4.93. The third kappa shape index (κ3) is 3.00. The van der Waals surface area contributed by atoms with Crippen LogP contribution in [0.4, 0.5) is 14.5 Å². The number of pyridine rings is 2. The summed E-state index contributed by atoms with van der Waals surface area (Å²) < 4.78 is 28.4. The van der Waals surface area contributed by atoms with Gasteiger partial charge in [-0.1, -0.05) is 12.0 Å². The molecule has 0 aromatic carbocycles. The summed E-state index contributed by atoms with van der Waals surface area (Å²) in [6.45, 7) is 0.474. The summed E-state index contributed by atoms with van der Waals surface area (Å²) in [6, 6.07) is 6.86. The average Bonchev–Trinajstić information content (AvgIpc) is 2.90. The molecule has 1 fully saturated rings. The summed E-state index contributed by atoms with van der Waals surface area (Å²) in [5.74, 6) is 4.93. The number of halogens is 2. The molecule has 1 unspecified atom stereocenters. The maximum Gasteiger partial charge on any atom is 0.190 e. The highest BCUT2D eigenvalue weighted by atomic mass is 19.1. The van der Waals surface area contributed by atoms with Crippen LogP contribution in [-0.2, 0) is 0 Å². The second kappa shape index (κ2) is 5.49. The van der Waals surface area contributed by atoms with Crippen molar-refractivity contribution in [2.24, 2.45) is 0 Å². The average molecular weight is 285 g/mol. The third-order valence-electron chi connectivity index (χ3n) is 3.39. The van der Waals surface area contributed by atoms with Crippen molar-refractivity contribution in [1.82, 2.24) is 9.97 Å². The Bertz CT molecular complexity index is 693. The SMILES string of the molecule is Fc1cnccc1N1CCC(F)(C#Cc2ccccn2)C1. The molecule has 1 saturated heterocycles. The number of nitrogens with zero attached hydrogens (tertiary/aromatic N) is 3. The lowest BCUT2D eigenvalue weighted by Crippen LogP contribution is -2.28. The Balaban J connectivity index is 1.77. The monoisotopic (exact) mass is 285 g/mol. The van der Waals surface area contributed by atoms with Crippen LogP contribution >= 0.6 is 0 Å². The van der Waals surface area contributed by atoms with Crippen molar-refractivity contribution in [3.63, 3.8) is 0 Å². The fourth-order valence-electron chi connectivity index (χ4n) is 2.32. The van der Waals surface area contributed by atoms with Gasteiger partial charge in [-0.3, -0.25) is 4.98 Å². The topological polar surface area (TPSA) is 29.0 Å². The van der Waals surface area contributed by atoms with Gasteiger partial charge in [0.2, 0.25) is 0 Å². The molecule has 2 aromatic rings. The zero-order valence-electron chi connectivity index (χ0n) is 11.3. The maximum absolute atomic E-state index is 14.7. The van der Waals surface area contributed by atoms with E-state index in [-0.39, 0.29) is 13.0 Å². The van der Waals surface area contributed by atoms with Gasteiger partial charge < -0.3 is 4.90 Å². The fraction of sp³-hybridized carbons (Fsp3) is 0.250. The number of alkyl halides is 1. The molecule has 0 aliphatic carbocycles. The zero-order valence-corrected chi connectivity index (χ0v) is 11.3. The van der Waals surface area contributed by atoms with Gasteiger partial charge in [0, 0.05) is 25.4 Å².